The molecule has 0 spiro atoms. The van der Waals surface area contributed by atoms with Crippen molar-refractivity contribution in [1.82, 2.24) is 15.3 Å². The summed E-state index contributed by atoms with van der Waals surface area (Å²) in [6.45, 7) is 2.02. The zero-order valence-corrected chi connectivity index (χ0v) is 14.2. The van der Waals surface area contributed by atoms with Gasteiger partial charge in [0.2, 0.25) is 5.91 Å². The van der Waals surface area contributed by atoms with Crippen molar-refractivity contribution in [3.05, 3.63) is 18.0 Å². The topological polar surface area (TPSA) is 54.9 Å². The third kappa shape index (κ3) is 4.02. The number of rotatable bonds is 5. The van der Waals surface area contributed by atoms with Gasteiger partial charge in [0, 0.05) is 12.2 Å². The Kier molecular flexibility index (Phi) is 5.03. The second kappa shape index (κ2) is 6.90. The first-order valence-corrected chi connectivity index (χ1v) is 9.14. The second-order valence-corrected chi connectivity index (χ2v) is 7.65. The van der Waals surface area contributed by atoms with Gasteiger partial charge in [0.1, 0.15) is 5.69 Å². The van der Waals surface area contributed by atoms with E-state index in [1.54, 1.807) is 0 Å². The van der Waals surface area contributed by atoms with Crippen molar-refractivity contribution in [2.75, 3.05) is 5.75 Å². The standard InChI is InChI=1S/C16H20F3N3OS/c1-9(12-7-10-2-3-11(12)6-10)21-14(23)8-24-15-20-5-4-13(22-15)16(17,18)19/h4-5,9-12H,2-3,6-8H2,1H3,(H,21,23)/t9-,10+,11+,12-/m1/s1. The van der Waals surface area contributed by atoms with E-state index in [1.165, 1.54) is 25.7 Å². The van der Waals surface area contributed by atoms with Gasteiger partial charge in [0.25, 0.3) is 0 Å². The Bertz CT molecular complexity index is 610. The summed E-state index contributed by atoms with van der Waals surface area (Å²) in [5.41, 5.74) is -0.990. The first kappa shape index (κ1) is 17.5. The predicted octanol–water partition coefficient (Wildman–Crippen LogP) is 3.53. The average molecular weight is 359 g/mol. The van der Waals surface area contributed by atoms with Crippen molar-refractivity contribution in [2.24, 2.45) is 17.8 Å². The molecule has 2 aliphatic carbocycles. The number of halogens is 3. The van der Waals surface area contributed by atoms with Gasteiger partial charge in [-0.15, -0.1) is 0 Å². The number of carbonyl (C=O) groups is 1. The molecule has 2 bridgehead atoms. The molecule has 0 aromatic carbocycles. The molecule has 0 aliphatic heterocycles. The number of thioether (sulfide) groups is 1. The summed E-state index contributed by atoms with van der Waals surface area (Å²) >= 11 is 0.924. The lowest BCUT2D eigenvalue weighted by Crippen LogP contribution is -2.40. The molecule has 1 aromatic heterocycles. The molecule has 132 valence electrons. The second-order valence-electron chi connectivity index (χ2n) is 6.71. The van der Waals surface area contributed by atoms with E-state index in [9.17, 15) is 18.0 Å². The van der Waals surface area contributed by atoms with Gasteiger partial charge in [-0.3, -0.25) is 4.79 Å². The molecule has 1 N–H and O–H groups in total. The van der Waals surface area contributed by atoms with Gasteiger partial charge in [-0.1, -0.05) is 18.2 Å². The molecule has 0 saturated heterocycles. The highest BCUT2D eigenvalue weighted by Gasteiger charge is 2.42. The van der Waals surface area contributed by atoms with Gasteiger partial charge in [-0.05, 0) is 50.0 Å². The van der Waals surface area contributed by atoms with Crippen molar-refractivity contribution >= 4 is 17.7 Å². The highest BCUT2D eigenvalue weighted by molar-refractivity contribution is 7.99. The van der Waals surface area contributed by atoms with Crippen LogP contribution in [0.1, 0.15) is 38.3 Å². The summed E-state index contributed by atoms with van der Waals surface area (Å²) in [6.07, 6.45) is 1.57. The maximum Gasteiger partial charge on any atom is 0.433 e. The van der Waals surface area contributed by atoms with Crippen molar-refractivity contribution in [2.45, 2.75) is 50.0 Å². The number of hydrogen-bond donors (Lipinski definition) is 1. The van der Waals surface area contributed by atoms with Crippen molar-refractivity contribution < 1.29 is 18.0 Å². The Morgan fingerprint density at radius 3 is 2.83 bits per heavy atom. The maximum absolute atomic E-state index is 12.6. The number of aromatic nitrogens is 2. The maximum atomic E-state index is 12.6. The fraction of sp³-hybridized carbons (Fsp3) is 0.688. The number of nitrogens with one attached hydrogen (secondary N) is 1. The van der Waals surface area contributed by atoms with E-state index in [4.69, 9.17) is 0 Å². The normalized spacial score (nSPS) is 27.2. The SMILES string of the molecule is C[C@@H](NC(=O)CSc1nccc(C(F)(F)F)n1)[C@H]1C[C@H]2CC[C@H]1C2. The summed E-state index contributed by atoms with van der Waals surface area (Å²) < 4.78 is 37.8. The molecule has 0 radical (unpaired) electrons. The van der Waals surface area contributed by atoms with Gasteiger partial charge >= 0.3 is 6.18 Å². The van der Waals surface area contributed by atoms with Crippen LogP contribution in [0, 0.1) is 17.8 Å². The summed E-state index contributed by atoms with van der Waals surface area (Å²) in [6, 6.07) is 0.928. The van der Waals surface area contributed by atoms with E-state index in [0.29, 0.717) is 11.8 Å². The zero-order valence-electron chi connectivity index (χ0n) is 13.3. The van der Waals surface area contributed by atoms with Crippen LogP contribution < -0.4 is 5.32 Å². The Balaban J connectivity index is 1.49. The molecular weight excluding hydrogens is 339 g/mol. The molecule has 1 aromatic rings. The van der Waals surface area contributed by atoms with Crippen LogP contribution in [0.25, 0.3) is 0 Å². The van der Waals surface area contributed by atoms with Crippen LogP contribution in [0.15, 0.2) is 17.4 Å². The van der Waals surface area contributed by atoms with Crippen molar-refractivity contribution in [3.63, 3.8) is 0 Å². The monoisotopic (exact) mass is 359 g/mol. The van der Waals surface area contributed by atoms with Crippen LogP contribution in [-0.2, 0) is 11.0 Å². The van der Waals surface area contributed by atoms with Crippen LogP contribution in [-0.4, -0.2) is 27.7 Å². The molecule has 2 saturated carbocycles. The molecule has 8 heteroatoms. The number of amides is 1. The molecule has 2 fully saturated rings. The quantitative estimate of drug-likeness (QED) is 0.645. The Morgan fingerprint density at radius 2 is 2.21 bits per heavy atom. The molecule has 4 atom stereocenters. The Hall–Kier alpha value is -1.31. The summed E-state index contributed by atoms with van der Waals surface area (Å²) in [5, 5.41) is 2.95. The zero-order chi connectivity index (χ0) is 17.3. The fourth-order valence-electron chi connectivity index (χ4n) is 4.01. The third-order valence-electron chi connectivity index (χ3n) is 5.08. The minimum Gasteiger partial charge on any atom is -0.353 e. The van der Waals surface area contributed by atoms with E-state index in [0.717, 1.165) is 29.9 Å². The number of alkyl halides is 3. The highest BCUT2D eigenvalue weighted by atomic mass is 32.2. The minimum absolute atomic E-state index is 0.0203. The summed E-state index contributed by atoms with van der Waals surface area (Å²) in [4.78, 5) is 19.3. The van der Waals surface area contributed by atoms with Gasteiger partial charge < -0.3 is 5.32 Å². The van der Waals surface area contributed by atoms with Crippen LogP contribution in [0.2, 0.25) is 0 Å². The highest BCUT2D eigenvalue weighted by Crippen LogP contribution is 2.49. The van der Waals surface area contributed by atoms with E-state index < -0.39 is 11.9 Å². The lowest BCUT2D eigenvalue weighted by Gasteiger charge is -2.28. The fourth-order valence-corrected chi connectivity index (χ4v) is 4.65. The van der Waals surface area contributed by atoms with Crippen LogP contribution in [0.4, 0.5) is 13.2 Å². The van der Waals surface area contributed by atoms with Crippen LogP contribution in [0.5, 0.6) is 0 Å². The first-order valence-electron chi connectivity index (χ1n) is 8.15. The average Bonchev–Trinajstić information content (AvgIpc) is 3.15. The lowest BCUT2D eigenvalue weighted by atomic mass is 9.84. The molecule has 2 aliphatic rings. The van der Waals surface area contributed by atoms with Gasteiger partial charge in [0.05, 0.1) is 5.75 Å². The first-order chi connectivity index (χ1) is 11.3. The van der Waals surface area contributed by atoms with Gasteiger partial charge in [0.15, 0.2) is 5.16 Å². The lowest BCUT2D eigenvalue weighted by molar-refractivity contribution is -0.141. The molecular formula is C16H20F3N3OS. The third-order valence-corrected chi connectivity index (χ3v) is 5.94. The summed E-state index contributed by atoms with van der Waals surface area (Å²) in [5.74, 6) is 1.89. The van der Waals surface area contributed by atoms with E-state index in [1.807, 2.05) is 6.92 Å². The molecule has 3 rings (SSSR count). The predicted molar refractivity (Wildman–Crippen MR) is 84.3 cm³/mol. The van der Waals surface area contributed by atoms with Crippen LogP contribution in [0.3, 0.4) is 0 Å². The van der Waals surface area contributed by atoms with E-state index in [2.05, 4.69) is 15.3 Å². The van der Waals surface area contributed by atoms with Crippen molar-refractivity contribution in [1.29, 1.82) is 0 Å². The molecule has 1 heterocycles. The molecule has 0 unspecified atom stereocenters. The largest absolute Gasteiger partial charge is 0.433 e. The molecule has 24 heavy (non-hydrogen) atoms. The van der Waals surface area contributed by atoms with E-state index >= 15 is 0 Å². The Morgan fingerprint density at radius 1 is 1.42 bits per heavy atom. The Labute approximate surface area is 143 Å². The number of nitrogens with zero attached hydrogens (tertiary/aromatic N) is 2. The smallest absolute Gasteiger partial charge is 0.353 e. The number of fused-ring (bicyclic) bond motifs is 2. The summed E-state index contributed by atoms with van der Waals surface area (Å²) in [7, 11) is 0. The van der Waals surface area contributed by atoms with E-state index in [-0.39, 0.29) is 22.9 Å². The molecule has 4 nitrogen and oxygen atoms in total. The number of hydrogen-bond acceptors (Lipinski definition) is 4. The van der Waals surface area contributed by atoms with Crippen LogP contribution >= 0.6 is 11.8 Å². The van der Waals surface area contributed by atoms with Gasteiger partial charge in [-0.25, -0.2) is 9.97 Å². The van der Waals surface area contributed by atoms with Gasteiger partial charge in [-0.2, -0.15) is 13.2 Å². The molecule has 1 amide bonds. The number of carbonyl (C=O) groups excluding carboxylic acids is 1. The van der Waals surface area contributed by atoms with Crippen molar-refractivity contribution in [3.8, 4) is 0 Å². The minimum atomic E-state index is -4.50.